The molecule has 1 aromatic heterocycles. The Bertz CT molecular complexity index is 634. The van der Waals surface area contributed by atoms with Crippen LogP contribution in [0.25, 0.3) is 11.4 Å². The van der Waals surface area contributed by atoms with E-state index in [2.05, 4.69) is 29.4 Å². The molecule has 1 aliphatic rings. The Labute approximate surface area is 117 Å². The largest absolute Gasteiger partial charge is 0.494 e. The first kappa shape index (κ1) is 12.9. The maximum Gasteiger partial charge on any atom is 0.182 e. The zero-order valence-corrected chi connectivity index (χ0v) is 12.0. The fraction of sp³-hybridized carbons (Fsp3) is 0.500. The molecule has 1 aliphatic carbocycles. The van der Waals surface area contributed by atoms with Crippen molar-refractivity contribution < 1.29 is 4.74 Å². The Balaban J connectivity index is 2.00. The smallest absolute Gasteiger partial charge is 0.182 e. The summed E-state index contributed by atoms with van der Waals surface area (Å²) in [6, 6.07) is 5.96. The van der Waals surface area contributed by atoms with Gasteiger partial charge in [0.2, 0.25) is 0 Å². The topological polar surface area (TPSA) is 78.8 Å². The molecule has 0 bridgehead atoms. The number of ether oxygens (including phenoxy) is 1. The van der Waals surface area contributed by atoms with Crippen molar-refractivity contribution >= 4 is 5.69 Å². The molecule has 0 saturated heterocycles. The highest BCUT2D eigenvalue weighted by molar-refractivity contribution is 5.64. The maximum atomic E-state index is 5.93. The van der Waals surface area contributed by atoms with Crippen LogP contribution in [-0.4, -0.2) is 26.8 Å². The Morgan fingerprint density at radius 1 is 1.40 bits per heavy atom. The molecule has 1 atom stereocenters. The van der Waals surface area contributed by atoms with Crippen molar-refractivity contribution in [3.05, 3.63) is 18.2 Å². The molecule has 0 amide bonds. The molecule has 6 nitrogen and oxygen atoms in total. The predicted molar refractivity (Wildman–Crippen MR) is 76.3 cm³/mol. The van der Waals surface area contributed by atoms with Gasteiger partial charge in [0.05, 0.1) is 12.6 Å². The third-order valence-electron chi connectivity index (χ3n) is 3.75. The van der Waals surface area contributed by atoms with Gasteiger partial charge in [-0.15, -0.1) is 5.10 Å². The minimum Gasteiger partial charge on any atom is -0.494 e. The van der Waals surface area contributed by atoms with Gasteiger partial charge in [0.15, 0.2) is 5.82 Å². The first-order valence-electron chi connectivity index (χ1n) is 6.83. The number of tetrazole rings is 1. The summed E-state index contributed by atoms with van der Waals surface area (Å²) in [5.74, 6) is 1.49. The van der Waals surface area contributed by atoms with Gasteiger partial charge in [-0.25, -0.2) is 4.68 Å². The van der Waals surface area contributed by atoms with E-state index in [0.717, 1.165) is 23.6 Å². The number of nitrogens with two attached hydrogens (primary N) is 1. The second kappa shape index (κ2) is 4.47. The number of aromatic nitrogens is 4. The first-order chi connectivity index (χ1) is 9.51. The molecule has 0 spiro atoms. The second-order valence-corrected chi connectivity index (χ2v) is 5.88. The van der Waals surface area contributed by atoms with E-state index in [1.165, 1.54) is 0 Å². The summed E-state index contributed by atoms with van der Waals surface area (Å²) in [6.45, 7) is 6.98. The summed E-state index contributed by atoms with van der Waals surface area (Å²) >= 11 is 0. The van der Waals surface area contributed by atoms with Gasteiger partial charge in [0.1, 0.15) is 5.75 Å². The molecule has 1 aromatic carbocycles. The number of benzene rings is 1. The van der Waals surface area contributed by atoms with Crippen molar-refractivity contribution in [1.82, 2.24) is 20.2 Å². The average Bonchev–Trinajstić information content (AvgIpc) is 2.83. The zero-order chi connectivity index (χ0) is 14.3. The van der Waals surface area contributed by atoms with Crippen molar-refractivity contribution in [3.63, 3.8) is 0 Å². The van der Waals surface area contributed by atoms with Crippen LogP contribution in [0.3, 0.4) is 0 Å². The van der Waals surface area contributed by atoms with Gasteiger partial charge in [-0.3, -0.25) is 0 Å². The highest BCUT2D eigenvalue weighted by atomic mass is 16.5. The van der Waals surface area contributed by atoms with Gasteiger partial charge in [0, 0.05) is 17.3 Å². The van der Waals surface area contributed by atoms with E-state index in [0.29, 0.717) is 18.3 Å². The molecule has 6 heteroatoms. The predicted octanol–water partition coefficient (Wildman–Crippen LogP) is 2.29. The minimum absolute atomic E-state index is 0.257. The summed E-state index contributed by atoms with van der Waals surface area (Å²) in [4.78, 5) is 0. The monoisotopic (exact) mass is 273 g/mol. The van der Waals surface area contributed by atoms with Gasteiger partial charge < -0.3 is 10.5 Å². The lowest BCUT2D eigenvalue weighted by Gasteiger charge is -2.09. The SMILES string of the molecule is CCOc1cc(N)cc(-c2nnnn2C2CC2(C)C)c1. The molecule has 2 N–H and O–H groups in total. The van der Waals surface area contributed by atoms with Crippen LogP contribution in [0.15, 0.2) is 18.2 Å². The lowest BCUT2D eigenvalue weighted by atomic mass is 10.1. The molecule has 1 saturated carbocycles. The summed E-state index contributed by atoms with van der Waals surface area (Å²) in [7, 11) is 0. The number of hydrogen-bond acceptors (Lipinski definition) is 5. The number of hydrogen-bond donors (Lipinski definition) is 1. The Morgan fingerprint density at radius 3 is 2.80 bits per heavy atom. The van der Waals surface area contributed by atoms with Gasteiger partial charge >= 0.3 is 0 Å². The Hall–Kier alpha value is -2.11. The maximum absolute atomic E-state index is 5.93. The van der Waals surface area contributed by atoms with E-state index in [-0.39, 0.29) is 5.41 Å². The molecule has 3 rings (SSSR count). The number of rotatable bonds is 4. The van der Waals surface area contributed by atoms with Crippen LogP contribution < -0.4 is 10.5 Å². The van der Waals surface area contributed by atoms with Crippen LogP contribution in [0.1, 0.15) is 33.2 Å². The summed E-state index contributed by atoms with van der Waals surface area (Å²) in [5, 5.41) is 12.1. The van der Waals surface area contributed by atoms with Crippen LogP contribution >= 0.6 is 0 Å². The van der Waals surface area contributed by atoms with Gasteiger partial charge in [-0.1, -0.05) is 13.8 Å². The van der Waals surface area contributed by atoms with E-state index in [4.69, 9.17) is 10.5 Å². The summed E-state index contributed by atoms with van der Waals surface area (Å²) in [5.41, 5.74) is 7.73. The van der Waals surface area contributed by atoms with Gasteiger partial charge in [0.25, 0.3) is 0 Å². The molecule has 1 unspecified atom stereocenters. The Morgan fingerprint density at radius 2 is 2.15 bits per heavy atom. The van der Waals surface area contributed by atoms with E-state index in [9.17, 15) is 0 Å². The molecular weight excluding hydrogens is 254 g/mol. The molecule has 2 aromatic rings. The Kier molecular flexibility index (Phi) is 2.88. The van der Waals surface area contributed by atoms with Crippen LogP contribution in [0.2, 0.25) is 0 Å². The number of anilines is 1. The van der Waals surface area contributed by atoms with Crippen LogP contribution in [0.5, 0.6) is 5.75 Å². The van der Waals surface area contributed by atoms with Crippen LogP contribution in [0.4, 0.5) is 5.69 Å². The highest BCUT2D eigenvalue weighted by Gasteiger charge is 2.49. The zero-order valence-electron chi connectivity index (χ0n) is 12.0. The third-order valence-corrected chi connectivity index (χ3v) is 3.75. The van der Waals surface area contributed by atoms with E-state index < -0.39 is 0 Å². The molecule has 106 valence electrons. The minimum atomic E-state index is 0.257. The molecular formula is C14H19N5O. The third kappa shape index (κ3) is 2.21. The normalized spacial score (nSPS) is 19.9. The van der Waals surface area contributed by atoms with E-state index >= 15 is 0 Å². The van der Waals surface area contributed by atoms with Crippen molar-refractivity contribution in [2.24, 2.45) is 5.41 Å². The van der Waals surface area contributed by atoms with Gasteiger partial charge in [-0.05, 0) is 41.3 Å². The number of nitrogens with zero attached hydrogens (tertiary/aromatic N) is 4. The fourth-order valence-electron chi connectivity index (χ4n) is 2.45. The molecule has 20 heavy (non-hydrogen) atoms. The van der Waals surface area contributed by atoms with Crippen molar-refractivity contribution in [2.45, 2.75) is 33.2 Å². The summed E-state index contributed by atoms with van der Waals surface area (Å²) in [6.07, 6.45) is 1.09. The molecule has 1 heterocycles. The van der Waals surface area contributed by atoms with E-state index in [1.807, 2.05) is 29.8 Å². The standard InChI is InChI=1S/C14H19N5O/c1-4-20-11-6-9(5-10(15)7-11)13-16-17-18-19(13)12-8-14(12,2)3/h5-7,12H,4,8,15H2,1-3H3. The van der Waals surface area contributed by atoms with Crippen LogP contribution in [0, 0.1) is 5.41 Å². The van der Waals surface area contributed by atoms with Crippen molar-refractivity contribution in [3.8, 4) is 17.1 Å². The van der Waals surface area contributed by atoms with Crippen LogP contribution in [-0.2, 0) is 0 Å². The first-order valence-corrected chi connectivity index (χ1v) is 6.83. The second-order valence-electron chi connectivity index (χ2n) is 5.88. The average molecular weight is 273 g/mol. The lowest BCUT2D eigenvalue weighted by molar-refractivity contribution is 0.340. The fourth-order valence-corrected chi connectivity index (χ4v) is 2.45. The van der Waals surface area contributed by atoms with Crippen molar-refractivity contribution in [2.75, 3.05) is 12.3 Å². The molecule has 0 radical (unpaired) electrons. The lowest BCUT2D eigenvalue weighted by Crippen LogP contribution is -2.05. The molecule has 0 aliphatic heterocycles. The van der Waals surface area contributed by atoms with Gasteiger partial charge in [-0.2, -0.15) is 0 Å². The van der Waals surface area contributed by atoms with E-state index in [1.54, 1.807) is 0 Å². The van der Waals surface area contributed by atoms with Crippen molar-refractivity contribution in [1.29, 1.82) is 0 Å². The quantitative estimate of drug-likeness (QED) is 0.865. The highest BCUT2D eigenvalue weighted by Crippen LogP contribution is 2.55. The number of nitrogen functional groups attached to an aromatic ring is 1. The summed E-state index contributed by atoms with van der Waals surface area (Å²) < 4.78 is 7.42. The molecule has 1 fully saturated rings.